The molecule has 9 heteroatoms. The van der Waals surface area contributed by atoms with Crippen LogP contribution in [0.2, 0.25) is 0 Å². The van der Waals surface area contributed by atoms with E-state index in [1.54, 1.807) is 7.11 Å². The van der Waals surface area contributed by atoms with E-state index in [-0.39, 0.29) is 11.8 Å². The van der Waals surface area contributed by atoms with E-state index >= 15 is 0 Å². The van der Waals surface area contributed by atoms with Gasteiger partial charge in [-0.25, -0.2) is 9.97 Å². The predicted octanol–water partition coefficient (Wildman–Crippen LogP) is 3.27. The van der Waals surface area contributed by atoms with Crippen LogP contribution in [0.4, 0.5) is 11.6 Å². The molecule has 0 saturated carbocycles. The molecule has 0 spiro atoms. The van der Waals surface area contributed by atoms with Gasteiger partial charge >= 0.3 is 0 Å². The van der Waals surface area contributed by atoms with E-state index in [2.05, 4.69) is 50.3 Å². The van der Waals surface area contributed by atoms with E-state index < -0.39 is 0 Å². The lowest BCUT2D eigenvalue weighted by atomic mass is 10.0. The highest BCUT2D eigenvalue weighted by Gasteiger charge is 2.24. The molecule has 1 unspecified atom stereocenters. The number of anilines is 2. The molecule has 2 aromatic heterocycles. The molecule has 4 rings (SSSR count). The first-order valence-electron chi connectivity index (χ1n) is 10.2. The first-order valence-corrected chi connectivity index (χ1v) is 10.2. The molecule has 0 bridgehead atoms. The van der Waals surface area contributed by atoms with Crippen molar-refractivity contribution in [2.75, 3.05) is 32.1 Å². The Labute approximate surface area is 181 Å². The van der Waals surface area contributed by atoms with Crippen LogP contribution in [-0.4, -0.2) is 57.9 Å². The zero-order valence-electron chi connectivity index (χ0n) is 17.8. The van der Waals surface area contributed by atoms with Crippen molar-refractivity contribution in [2.45, 2.75) is 26.0 Å². The number of nitrogens with zero attached hydrogens (tertiary/aromatic N) is 5. The van der Waals surface area contributed by atoms with Crippen LogP contribution >= 0.6 is 0 Å². The van der Waals surface area contributed by atoms with Gasteiger partial charge in [0.15, 0.2) is 11.5 Å². The first-order chi connectivity index (χ1) is 15.1. The summed E-state index contributed by atoms with van der Waals surface area (Å²) in [7, 11) is 1.66. The van der Waals surface area contributed by atoms with E-state index in [0.717, 1.165) is 42.3 Å². The third-order valence-electron chi connectivity index (χ3n) is 5.32. The Morgan fingerprint density at radius 1 is 1.26 bits per heavy atom. The Morgan fingerprint density at radius 3 is 2.84 bits per heavy atom. The average Bonchev–Trinajstić information content (AvgIpc) is 3.27. The maximum Gasteiger partial charge on any atom is 0.158 e. The zero-order valence-corrected chi connectivity index (χ0v) is 17.8. The number of aromatic nitrogens is 4. The van der Waals surface area contributed by atoms with Gasteiger partial charge in [0.05, 0.1) is 37.9 Å². The minimum atomic E-state index is 0.0213. The zero-order chi connectivity index (χ0) is 21.8. The molecule has 1 saturated heterocycles. The molecule has 160 valence electrons. The van der Waals surface area contributed by atoms with Crippen LogP contribution < -0.4 is 10.1 Å². The van der Waals surface area contributed by atoms with Crippen molar-refractivity contribution in [2.24, 2.45) is 0 Å². The number of benzene rings is 1. The van der Waals surface area contributed by atoms with Crippen LogP contribution in [0, 0.1) is 11.3 Å². The lowest BCUT2D eigenvalue weighted by Crippen LogP contribution is -2.42. The second kappa shape index (κ2) is 9.12. The molecular weight excluding hydrogens is 394 g/mol. The van der Waals surface area contributed by atoms with E-state index in [4.69, 9.17) is 14.7 Å². The van der Waals surface area contributed by atoms with E-state index in [9.17, 15) is 0 Å². The lowest BCUT2D eigenvalue weighted by molar-refractivity contribution is -0.0402. The van der Waals surface area contributed by atoms with Crippen molar-refractivity contribution in [3.63, 3.8) is 0 Å². The molecule has 0 radical (unpaired) electrons. The fourth-order valence-corrected chi connectivity index (χ4v) is 3.58. The summed E-state index contributed by atoms with van der Waals surface area (Å²) in [5.41, 5.74) is 3.06. The highest BCUT2D eigenvalue weighted by molar-refractivity contribution is 5.71. The maximum absolute atomic E-state index is 8.82. The minimum Gasteiger partial charge on any atom is -0.496 e. The van der Waals surface area contributed by atoms with Crippen molar-refractivity contribution in [3.05, 3.63) is 47.9 Å². The Morgan fingerprint density at radius 2 is 2.13 bits per heavy atom. The van der Waals surface area contributed by atoms with Gasteiger partial charge in [-0.2, -0.15) is 10.4 Å². The number of morpholine rings is 1. The highest BCUT2D eigenvalue weighted by Crippen LogP contribution is 2.34. The Bertz CT molecular complexity index is 1070. The number of nitriles is 1. The van der Waals surface area contributed by atoms with E-state index in [1.165, 1.54) is 12.4 Å². The molecule has 9 nitrogen and oxygen atoms in total. The monoisotopic (exact) mass is 419 g/mol. The van der Waals surface area contributed by atoms with Gasteiger partial charge in [0.2, 0.25) is 0 Å². The summed E-state index contributed by atoms with van der Waals surface area (Å²) >= 11 is 0. The Kier molecular flexibility index (Phi) is 6.11. The summed E-state index contributed by atoms with van der Waals surface area (Å²) in [6.07, 6.45) is 2.92. The number of hydrogen-bond acceptors (Lipinski definition) is 8. The van der Waals surface area contributed by atoms with Gasteiger partial charge in [-0.1, -0.05) is 6.07 Å². The smallest absolute Gasteiger partial charge is 0.158 e. The molecule has 31 heavy (non-hydrogen) atoms. The van der Waals surface area contributed by atoms with Gasteiger partial charge < -0.3 is 14.8 Å². The molecule has 1 aliphatic rings. The number of methoxy groups -OCH3 is 1. The number of aromatic amines is 1. The number of hydrogen-bond donors (Lipinski definition) is 2. The number of nitrogens with one attached hydrogen (secondary N) is 2. The molecule has 1 fully saturated rings. The molecule has 1 aliphatic heterocycles. The van der Waals surface area contributed by atoms with Gasteiger partial charge in [-0.3, -0.25) is 10.00 Å². The van der Waals surface area contributed by atoms with Crippen molar-refractivity contribution in [1.82, 2.24) is 25.1 Å². The van der Waals surface area contributed by atoms with E-state index in [1.807, 2.05) is 24.3 Å². The van der Waals surface area contributed by atoms with Gasteiger partial charge in [0, 0.05) is 30.8 Å². The Hall–Kier alpha value is -3.48. The van der Waals surface area contributed by atoms with Crippen LogP contribution in [0.5, 0.6) is 5.75 Å². The summed E-state index contributed by atoms with van der Waals surface area (Å²) in [6.45, 7) is 6.96. The maximum atomic E-state index is 8.82. The van der Waals surface area contributed by atoms with Crippen LogP contribution in [-0.2, 0) is 4.74 Å². The summed E-state index contributed by atoms with van der Waals surface area (Å²) < 4.78 is 11.7. The standard InChI is InChI=1S/C22H25N7O2/c1-14(2)29-6-7-31-20(13-29)15-4-5-17(19(8-15)30-3)18-9-21(28-27-18)26-22-12-24-16(10-23)11-25-22/h4-5,8-9,11-12,14,20H,6-7,13H2,1-3H3,(H2,25,26,27,28). The topological polar surface area (TPSA) is 112 Å². The summed E-state index contributed by atoms with van der Waals surface area (Å²) in [4.78, 5) is 10.6. The minimum absolute atomic E-state index is 0.0213. The normalized spacial score (nSPS) is 16.8. The quantitative estimate of drug-likeness (QED) is 0.626. The Balaban J connectivity index is 1.52. The van der Waals surface area contributed by atoms with Crippen LogP contribution in [0.15, 0.2) is 36.7 Å². The number of rotatable bonds is 6. The van der Waals surface area contributed by atoms with E-state index in [0.29, 0.717) is 17.7 Å². The molecule has 2 N–H and O–H groups in total. The van der Waals surface area contributed by atoms with Crippen LogP contribution in [0.1, 0.15) is 31.2 Å². The van der Waals surface area contributed by atoms with Crippen molar-refractivity contribution in [1.29, 1.82) is 5.26 Å². The first kappa shape index (κ1) is 20.8. The van der Waals surface area contributed by atoms with Gasteiger partial charge in [-0.05, 0) is 31.5 Å². The van der Waals surface area contributed by atoms with Crippen LogP contribution in [0.25, 0.3) is 11.3 Å². The molecule has 0 aliphatic carbocycles. The largest absolute Gasteiger partial charge is 0.496 e. The van der Waals surface area contributed by atoms with Gasteiger partial charge in [0.25, 0.3) is 0 Å². The van der Waals surface area contributed by atoms with Gasteiger partial charge in [0.1, 0.15) is 17.6 Å². The molecular formula is C22H25N7O2. The average molecular weight is 419 g/mol. The number of ether oxygens (including phenoxy) is 2. The predicted molar refractivity (Wildman–Crippen MR) is 116 cm³/mol. The van der Waals surface area contributed by atoms with Crippen molar-refractivity contribution >= 4 is 11.6 Å². The second-order valence-corrected chi connectivity index (χ2v) is 7.60. The lowest BCUT2D eigenvalue weighted by Gasteiger charge is -2.35. The third kappa shape index (κ3) is 4.66. The van der Waals surface area contributed by atoms with Crippen LogP contribution in [0.3, 0.4) is 0 Å². The fourth-order valence-electron chi connectivity index (χ4n) is 3.58. The molecule has 3 aromatic rings. The van der Waals surface area contributed by atoms with Crippen molar-refractivity contribution < 1.29 is 9.47 Å². The summed E-state index contributed by atoms with van der Waals surface area (Å²) in [6, 6.07) is 10.4. The second-order valence-electron chi connectivity index (χ2n) is 7.60. The highest BCUT2D eigenvalue weighted by atomic mass is 16.5. The van der Waals surface area contributed by atoms with Gasteiger partial charge in [-0.15, -0.1) is 0 Å². The van der Waals surface area contributed by atoms with Crippen molar-refractivity contribution in [3.8, 4) is 23.1 Å². The fraction of sp³-hybridized carbons (Fsp3) is 0.364. The molecule has 1 aromatic carbocycles. The molecule has 1 atom stereocenters. The summed E-state index contributed by atoms with van der Waals surface area (Å²) in [5, 5.41) is 19.2. The summed E-state index contributed by atoms with van der Waals surface area (Å²) in [5.74, 6) is 1.84. The number of H-pyrrole nitrogens is 1. The SMILES string of the molecule is COc1cc(C2CN(C(C)C)CCO2)ccc1-c1cc(Nc2cnc(C#N)cn2)n[nH]1. The molecule has 0 amide bonds. The molecule has 3 heterocycles. The third-order valence-corrected chi connectivity index (χ3v) is 5.32.